The molecular formula is C14H15ClN4OS. The van der Waals surface area contributed by atoms with Crippen LogP contribution in [0.15, 0.2) is 30.1 Å². The molecule has 0 radical (unpaired) electrons. The molecule has 1 aliphatic rings. The van der Waals surface area contributed by atoms with E-state index < -0.39 is 0 Å². The number of aromatic nitrogens is 2. The number of rotatable bonds is 5. The molecule has 5 nitrogen and oxygen atoms in total. The van der Waals surface area contributed by atoms with Crippen molar-refractivity contribution in [2.75, 3.05) is 25.0 Å². The lowest BCUT2D eigenvalue weighted by Gasteiger charge is -2.12. The van der Waals surface area contributed by atoms with Crippen molar-refractivity contribution in [1.82, 2.24) is 9.97 Å². The van der Waals surface area contributed by atoms with Crippen molar-refractivity contribution >= 4 is 39.0 Å². The summed E-state index contributed by atoms with van der Waals surface area (Å²) in [4.78, 5) is 9.75. The van der Waals surface area contributed by atoms with Gasteiger partial charge >= 0.3 is 0 Å². The minimum atomic E-state index is 0.246. The molecule has 0 saturated heterocycles. The third-order valence-corrected chi connectivity index (χ3v) is 4.40. The van der Waals surface area contributed by atoms with Crippen molar-refractivity contribution in [1.29, 1.82) is 0 Å². The highest BCUT2D eigenvalue weighted by molar-refractivity contribution is 7.19. The van der Waals surface area contributed by atoms with Gasteiger partial charge in [0.05, 0.1) is 16.5 Å². The molecule has 0 aliphatic carbocycles. The maximum atomic E-state index is 6.00. The van der Waals surface area contributed by atoms with Gasteiger partial charge in [-0.3, -0.25) is 0 Å². The van der Waals surface area contributed by atoms with Gasteiger partial charge in [0.2, 0.25) is 5.28 Å². The minimum Gasteiger partial charge on any atom is -0.497 e. The average molecular weight is 323 g/mol. The van der Waals surface area contributed by atoms with Gasteiger partial charge in [-0.1, -0.05) is 6.08 Å². The summed E-state index contributed by atoms with van der Waals surface area (Å²) in [6.07, 6.45) is 6.43. The van der Waals surface area contributed by atoms with E-state index in [0.29, 0.717) is 19.7 Å². The van der Waals surface area contributed by atoms with Crippen molar-refractivity contribution in [2.24, 2.45) is 5.73 Å². The van der Waals surface area contributed by atoms with E-state index in [0.717, 1.165) is 28.0 Å². The molecule has 0 bridgehead atoms. The monoisotopic (exact) mass is 322 g/mol. The summed E-state index contributed by atoms with van der Waals surface area (Å²) >= 11 is 7.65. The van der Waals surface area contributed by atoms with Crippen LogP contribution in [0.2, 0.25) is 5.28 Å². The van der Waals surface area contributed by atoms with Gasteiger partial charge < -0.3 is 15.8 Å². The zero-order chi connectivity index (χ0) is 14.7. The highest BCUT2D eigenvalue weighted by Gasteiger charge is 2.11. The van der Waals surface area contributed by atoms with Crippen molar-refractivity contribution in [3.63, 3.8) is 0 Å². The summed E-state index contributed by atoms with van der Waals surface area (Å²) in [7, 11) is 0. The van der Waals surface area contributed by atoms with Crippen LogP contribution in [0.3, 0.4) is 0 Å². The molecule has 0 saturated carbocycles. The van der Waals surface area contributed by atoms with Crippen LogP contribution in [0.4, 0.5) is 5.82 Å². The highest BCUT2D eigenvalue weighted by atomic mass is 35.5. The second-order valence-electron chi connectivity index (χ2n) is 4.63. The van der Waals surface area contributed by atoms with Gasteiger partial charge in [-0.25, -0.2) is 4.98 Å². The first kappa shape index (κ1) is 14.3. The van der Waals surface area contributed by atoms with E-state index in [1.165, 1.54) is 4.88 Å². The Bertz CT molecular complexity index is 710. The number of anilines is 1. The Morgan fingerprint density at radius 1 is 1.43 bits per heavy atom. The second-order valence-corrected chi connectivity index (χ2v) is 6.10. The molecule has 3 rings (SSSR count). The number of halogens is 1. The Labute approximate surface area is 131 Å². The Morgan fingerprint density at radius 2 is 2.33 bits per heavy atom. The van der Waals surface area contributed by atoms with Crippen LogP contribution in [-0.2, 0) is 11.2 Å². The lowest BCUT2D eigenvalue weighted by molar-refractivity contribution is 0.275. The average Bonchev–Trinajstić information content (AvgIpc) is 2.88. The van der Waals surface area contributed by atoms with Crippen LogP contribution in [0.1, 0.15) is 4.88 Å². The first-order valence-electron chi connectivity index (χ1n) is 6.62. The molecule has 0 atom stereocenters. The Morgan fingerprint density at radius 3 is 3.10 bits per heavy atom. The summed E-state index contributed by atoms with van der Waals surface area (Å²) in [6, 6.07) is 2.03. The van der Waals surface area contributed by atoms with Crippen LogP contribution >= 0.6 is 22.9 Å². The number of nitrogens with one attached hydrogen (secondary N) is 1. The van der Waals surface area contributed by atoms with Gasteiger partial charge in [0.15, 0.2) is 0 Å². The van der Waals surface area contributed by atoms with Gasteiger partial charge in [0, 0.05) is 11.4 Å². The van der Waals surface area contributed by atoms with Crippen LogP contribution in [0.5, 0.6) is 0 Å². The molecule has 0 amide bonds. The number of fused-ring (bicyclic) bond motifs is 1. The quantitative estimate of drug-likeness (QED) is 0.828. The molecule has 2 aromatic rings. The first-order valence-corrected chi connectivity index (χ1v) is 7.82. The van der Waals surface area contributed by atoms with E-state index in [4.69, 9.17) is 22.1 Å². The largest absolute Gasteiger partial charge is 0.497 e. The molecule has 0 unspecified atom stereocenters. The van der Waals surface area contributed by atoms with Crippen molar-refractivity contribution in [2.45, 2.75) is 6.42 Å². The van der Waals surface area contributed by atoms with Gasteiger partial charge in [0.1, 0.15) is 12.4 Å². The fourth-order valence-corrected chi connectivity index (χ4v) is 3.33. The number of hydrogen-bond acceptors (Lipinski definition) is 6. The number of hydrogen-bond donors (Lipinski definition) is 2. The standard InChI is InChI=1S/C14H15ClN4OS/c15-14-18-11-6-10(3-4-16)21-12(11)13(19-14)17-7-9-2-1-5-20-8-9/h1-2,5-6H,3-4,7-8,16H2,(H,17,18,19). The maximum absolute atomic E-state index is 6.00. The fourth-order valence-electron chi connectivity index (χ4n) is 2.08. The first-order chi connectivity index (χ1) is 10.3. The van der Waals surface area contributed by atoms with E-state index in [-0.39, 0.29) is 5.28 Å². The number of allylic oxidation sites excluding steroid dienone is 2. The van der Waals surface area contributed by atoms with E-state index in [9.17, 15) is 0 Å². The van der Waals surface area contributed by atoms with E-state index in [2.05, 4.69) is 15.3 Å². The van der Waals surface area contributed by atoms with Crippen LogP contribution in [0.25, 0.3) is 10.2 Å². The molecule has 3 heterocycles. The summed E-state index contributed by atoms with van der Waals surface area (Å²) < 4.78 is 6.27. The molecule has 21 heavy (non-hydrogen) atoms. The third-order valence-electron chi connectivity index (χ3n) is 3.04. The number of nitrogens with two attached hydrogens (primary N) is 1. The number of thiophene rings is 1. The molecule has 0 aromatic carbocycles. The highest BCUT2D eigenvalue weighted by Crippen LogP contribution is 2.31. The molecule has 0 spiro atoms. The predicted molar refractivity (Wildman–Crippen MR) is 86.8 cm³/mol. The molecule has 3 N–H and O–H groups in total. The van der Waals surface area contributed by atoms with Crippen LogP contribution in [-0.4, -0.2) is 29.7 Å². The van der Waals surface area contributed by atoms with Gasteiger partial charge in [-0.05, 0) is 42.3 Å². The van der Waals surface area contributed by atoms with E-state index >= 15 is 0 Å². The lowest BCUT2D eigenvalue weighted by atomic mass is 10.2. The van der Waals surface area contributed by atoms with Crippen LogP contribution < -0.4 is 11.1 Å². The summed E-state index contributed by atoms with van der Waals surface area (Å²) in [5, 5.41) is 3.56. The summed E-state index contributed by atoms with van der Waals surface area (Å²) in [5.41, 5.74) is 7.62. The topological polar surface area (TPSA) is 73.1 Å². The minimum absolute atomic E-state index is 0.246. The zero-order valence-electron chi connectivity index (χ0n) is 11.3. The van der Waals surface area contributed by atoms with Gasteiger partial charge in [-0.15, -0.1) is 11.3 Å². The number of nitrogens with zero attached hydrogens (tertiary/aromatic N) is 2. The lowest BCUT2D eigenvalue weighted by Crippen LogP contribution is -2.11. The fraction of sp³-hybridized carbons (Fsp3) is 0.286. The molecule has 110 valence electrons. The molecule has 7 heteroatoms. The zero-order valence-corrected chi connectivity index (χ0v) is 12.9. The van der Waals surface area contributed by atoms with Crippen molar-refractivity contribution < 1.29 is 4.74 Å². The van der Waals surface area contributed by atoms with Crippen LogP contribution in [0, 0.1) is 0 Å². The number of ether oxygens (including phenoxy) is 1. The van der Waals surface area contributed by atoms with Crippen molar-refractivity contribution in [3.05, 3.63) is 40.2 Å². The SMILES string of the molecule is NCCc1cc2nc(Cl)nc(NCC3=CC=COC3)c2s1. The second kappa shape index (κ2) is 6.43. The normalized spacial score (nSPS) is 14.1. The summed E-state index contributed by atoms with van der Waals surface area (Å²) in [5.74, 6) is 0.758. The van der Waals surface area contributed by atoms with E-state index in [1.54, 1.807) is 17.6 Å². The molecule has 0 fully saturated rings. The maximum Gasteiger partial charge on any atom is 0.224 e. The molecule has 2 aromatic heterocycles. The Balaban J connectivity index is 1.86. The smallest absolute Gasteiger partial charge is 0.224 e. The van der Waals surface area contributed by atoms with E-state index in [1.807, 2.05) is 18.2 Å². The van der Waals surface area contributed by atoms with Gasteiger partial charge in [0.25, 0.3) is 0 Å². The predicted octanol–water partition coefficient (Wildman–Crippen LogP) is 2.73. The summed E-state index contributed by atoms with van der Waals surface area (Å²) in [6.45, 7) is 1.87. The molecule has 1 aliphatic heterocycles. The third kappa shape index (κ3) is 3.34. The van der Waals surface area contributed by atoms with Gasteiger partial charge in [-0.2, -0.15) is 4.98 Å². The van der Waals surface area contributed by atoms with Crippen molar-refractivity contribution in [3.8, 4) is 0 Å². The molecular weight excluding hydrogens is 308 g/mol. The Kier molecular flexibility index (Phi) is 4.38. The Hall–Kier alpha value is -1.63.